The monoisotopic (exact) mass is 329 g/mol. The molecule has 0 aliphatic heterocycles. The van der Waals surface area contributed by atoms with Crippen LogP contribution in [0.3, 0.4) is 0 Å². The van der Waals surface area contributed by atoms with Crippen molar-refractivity contribution in [2.24, 2.45) is 5.41 Å². The van der Waals surface area contributed by atoms with Crippen molar-refractivity contribution in [2.45, 2.75) is 51.1 Å². The Morgan fingerprint density at radius 2 is 2.13 bits per heavy atom. The van der Waals surface area contributed by atoms with Crippen molar-refractivity contribution in [2.75, 3.05) is 0 Å². The average molecular weight is 329 g/mol. The van der Waals surface area contributed by atoms with E-state index in [-0.39, 0.29) is 18.6 Å². The summed E-state index contributed by atoms with van der Waals surface area (Å²) in [5.74, 6) is -0.539. The van der Waals surface area contributed by atoms with E-state index in [2.05, 4.69) is 20.4 Å². The van der Waals surface area contributed by atoms with E-state index in [1.165, 1.54) is 31.5 Å². The molecule has 0 aromatic carbocycles. The second-order valence-corrected chi connectivity index (χ2v) is 6.34. The van der Waals surface area contributed by atoms with Gasteiger partial charge < -0.3 is 15.4 Å². The lowest BCUT2D eigenvalue weighted by atomic mass is 9.54. The lowest BCUT2D eigenvalue weighted by Crippen LogP contribution is -2.55. The molecule has 2 fully saturated rings. The zero-order valence-corrected chi connectivity index (χ0v) is 12.4. The lowest BCUT2D eigenvalue weighted by molar-refractivity contribution is -0.276. The maximum atomic E-state index is 12.1. The Balaban J connectivity index is 1.43. The molecule has 126 valence electrons. The van der Waals surface area contributed by atoms with E-state index >= 15 is 0 Å². The van der Waals surface area contributed by atoms with E-state index < -0.39 is 12.2 Å². The Bertz CT molecular complexity index is 580. The minimum Gasteiger partial charge on any atom is -0.388 e. The fourth-order valence-electron chi connectivity index (χ4n) is 3.33. The number of hydrogen-bond acceptors (Lipinski definition) is 3. The number of amides is 2. The summed E-state index contributed by atoms with van der Waals surface area (Å²) in [6.45, 7) is 0.112. The molecule has 2 amide bonds. The Kier molecular flexibility index (Phi) is 4.08. The van der Waals surface area contributed by atoms with Gasteiger partial charge in [-0.2, -0.15) is 0 Å². The zero-order valence-electron chi connectivity index (χ0n) is 12.4. The summed E-state index contributed by atoms with van der Waals surface area (Å²) in [6, 6.07) is 2.58. The third-order valence-corrected chi connectivity index (χ3v) is 4.58. The number of carbonyl (C=O) groups is 1. The van der Waals surface area contributed by atoms with E-state index in [9.17, 15) is 18.0 Å². The van der Waals surface area contributed by atoms with Gasteiger partial charge in [0.15, 0.2) is 0 Å². The van der Waals surface area contributed by atoms with Gasteiger partial charge in [-0.25, -0.2) is 9.78 Å². The maximum absolute atomic E-state index is 12.1. The molecule has 1 aromatic heterocycles. The van der Waals surface area contributed by atoms with Crippen LogP contribution >= 0.6 is 0 Å². The number of nitrogens with zero attached hydrogens (tertiary/aromatic N) is 1. The molecule has 23 heavy (non-hydrogen) atoms. The first-order chi connectivity index (χ1) is 10.8. The topological polar surface area (TPSA) is 63.2 Å². The predicted octanol–water partition coefficient (Wildman–Crippen LogP) is 3.11. The number of hydrogen-bond donors (Lipinski definition) is 2. The van der Waals surface area contributed by atoms with Gasteiger partial charge in [-0.15, -0.1) is 13.2 Å². The van der Waals surface area contributed by atoms with Crippen LogP contribution in [0.1, 0.15) is 37.7 Å². The summed E-state index contributed by atoms with van der Waals surface area (Å²) >= 11 is 0. The Morgan fingerprint density at radius 3 is 2.74 bits per heavy atom. The summed E-state index contributed by atoms with van der Waals surface area (Å²) in [6.07, 6.45) is 2.28. The van der Waals surface area contributed by atoms with E-state index in [1.54, 1.807) is 0 Å². The minimum atomic E-state index is -4.78. The lowest BCUT2D eigenvalue weighted by Gasteiger charge is -2.54. The summed E-state index contributed by atoms with van der Waals surface area (Å²) in [4.78, 5) is 15.3. The molecule has 2 aliphatic carbocycles. The van der Waals surface area contributed by atoms with Crippen LogP contribution in [0.15, 0.2) is 18.3 Å². The van der Waals surface area contributed by atoms with E-state index in [4.69, 9.17) is 0 Å². The Labute approximate surface area is 131 Å². The fourth-order valence-corrected chi connectivity index (χ4v) is 3.33. The second-order valence-electron chi connectivity index (χ2n) is 6.34. The van der Waals surface area contributed by atoms with Gasteiger partial charge in [0.2, 0.25) is 5.88 Å². The highest BCUT2D eigenvalue weighted by molar-refractivity contribution is 5.74. The molecule has 0 atom stereocenters. The zero-order chi connectivity index (χ0) is 16.5. The van der Waals surface area contributed by atoms with E-state index in [0.717, 1.165) is 18.9 Å². The molecule has 0 bridgehead atoms. The molecule has 1 aromatic rings. The van der Waals surface area contributed by atoms with Gasteiger partial charge in [-0.05, 0) is 42.7 Å². The molecule has 3 rings (SSSR count). The van der Waals surface area contributed by atoms with Crippen molar-refractivity contribution in [3.05, 3.63) is 23.9 Å². The Hall–Kier alpha value is -1.99. The van der Waals surface area contributed by atoms with Gasteiger partial charge >= 0.3 is 12.4 Å². The van der Waals surface area contributed by atoms with E-state index in [1.807, 2.05) is 0 Å². The van der Waals surface area contributed by atoms with Gasteiger partial charge in [0.1, 0.15) is 0 Å². The number of aromatic nitrogens is 1. The van der Waals surface area contributed by atoms with Crippen molar-refractivity contribution < 1.29 is 22.7 Å². The van der Waals surface area contributed by atoms with Crippen molar-refractivity contribution in [3.8, 4) is 5.88 Å². The number of pyridine rings is 1. The van der Waals surface area contributed by atoms with Crippen molar-refractivity contribution in [1.29, 1.82) is 0 Å². The van der Waals surface area contributed by atoms with Gasteiger partial charge in [0.05, 0.1) is 0 Å². The van der Waals surface area contributed by atoms with Gasteiger partial charge in [0, 0.05) is 24.8 Å². The first-order valence-corrected chi connectivity index (χ1v) is 7.59. The number of alkyl halides is 3. The number of carbonyl (C=O) groups excluding carboxylic acids is 1. The summed E-state index contributed by atoms with van der Waals surface area (Å²) in [5, 5.41) is 5.52. The largest absolute Gasteiger partial charge is 0.574 e. The molecular formula is C15H18F3N3O2. The molecule has 2 saturated carbocycles. The van der Waals surface area contributed by atoms with Crippen LogP contribution in [0.5, 0.6) is 5.88 Å². The van der Waals surface area contributed by atoms with Crippen molar-refractivity contribution >= 4 is 6.03 Å². The summed E-state index contributed by atoms with van der Waals surface area (Å²) in [7, 11) is 0. The molecule has 2 N–H and O–H groups in total. The van der Waals surface area contributed by atoms with Gasteiger partial charge in [-0.1, -0.05) is 6.42 Å². The van der Waals surface area contributed by atoms with Crippen LogP contribution in [-0.2, 0) is 6.54 Å². The molecule has 0 unspecified atom stereocenters. The average Bonchev–Trinajstić information content (AvgIpc) is 2.36. The predicted molar refractivity (Wildman–Crippen MR) is 75.6 cm³/mol. The van der Waals surface area contributed by atoms with Crippen LogP contribution in [0.4, 0.5) is 18.0 Å². The van der Waals surface area contributed by atoms with Crippen LogP contribution in [0, 0.1) is 5.41 Å². The Morgan fingerprint density at radius 1 is 1.39 bits per heavy atom. The first-order valence-electron chi connectivity index (χ1n) is 7.59. The molecule has 0 saturated heterocycles. The van der Waals surface area contributed by atoms with Crippen molar-refractivity contribution in [1.82, 2.24) is 15.6 Å². The SMILES string of the molecule is O=C(NCc1ccnc(OC(F)(F)F)c1)NC1CC2(CCC2)C1. The molecular weight excluding hydrogens is 311 g/mol. The smallest absolute Gasteiger partial charge is 0.388 e. The first kappa shape index (κ1) is 15.9. The van der Waals surface area contributed by atoms with Gasteiger partial charge in [-0.3, -0.25) is 0 Å². The van der Waals surface area contributed by atoms with E-state index in [0.29, 0.717) is 11.0 Å². The number of halogens is 3. The van der Waals surface area contributed by atoms with Crippen molar-refractivity contribution in [3.63, 3.8) is 0 Å². The second kappa shape index (κ2) is 5.90. The number of nitrogens with one attached hydrogen (secondary N) is 2. The van der Waals surface area contributed by atoms with Crippen LogP contribution in [0.25, 0.3) is 0 Å². The third-order valence-electron chi connectivity index (χ3n) is 4.58. The molecule has 1 spiro atoms. The molecule has 8 heteroatoms. The number of urea groups is 1. The third kappa shape index (κ3) is 4.05. The standard InChI is InChI=1S/C15H18F3N3O2/c16-15(17,18)23-12-6-10(2-5-19-12)9-20-13(22)21-11-7-14(8-11)3-1-4-14/h2,5-6,11H,1,3-4,7-9H2,(H2,20,21,22). The van der Waals surface area contributed by atoms with Gasteiger partial charge in [0.25, 0.3) is 0 Å². The maximum Gasteiger partial charge on any atom is 0.574 e. The minimum absolute atomic E-state index is 0.112. The summed E-state index contributed by atoms with van der Waals surface area (Å²) in [5.41, 5.74) is 0.964. The molecule has 0 radical (unpaired) electrons. The molecule has 5 nitrogen and oxygen atoms in total. The quantitative estimate of drug-likeness (QED) is 0.892. The number of rotatable bonds is 4. The van der Waals surface area contributed by atoms with Crippen LogP contribution < -0.4 is 15.4 Å². The normalized spacial score (nSPS) is 19.6. The summed E-state index contributed by atoms with van der Waals surface area (Å²) < 4.78 is 40.1. The highest BCUT2D eigenvalue weighted by Crippen LogP contribution is 2.55. The van der Waals surface area contributed by atoms with Crippen LogP contribution in [0.2, 0.25) is 0 Å². The molecule has 2 aliphatic rings. The highest BCUT2D eigenvalue weighted by atomic mass is 19.4. The number of ether oxygens (including phenoxy) is 1. The fraction of sp³-hybridized carbons (Fsp3) is 0.600. The highest BCUT2D eigenvalue weighted by Gasteiger charge is 2.48. The molecule has 1 heterocycles. The van der Waals surface area contributed by atoms with Crippen LogP contribution in [-0.4, -0.2) is 23.4 Å².